The van der Waals surface area contributed by atoms with Gasteiger partial charge in [-0.3, -0.25) is 9.48 Å². The Hall–Kier alpha value is -2.30. The van der Waals surface area contributed by atoms with Crippen LogP contribution < -0.4 is 11.1 Å². The summed E-state index contributed by atoms with van der Waals surface area (Å²) < 4.78 is 1.73. The molecule has 1 amide bonds. The molecule has 0 aliphatic rings. The highest BCUT2D eigenvalue weighted by Gasteiger charge is 2.11. The van der Waals surface area contributed by atoms with Gasteiger partial charge in [0, 0.05) is 24.5 Å². The molecule has 100 valence electrons. The van der Waals surface area contributed by atoms with E-state index in [9.17, 15) is 4.79 Å². The maximum atomic E-state index is 12.1. The quantitative estimate of drug-likeness (QED) is 0.820. The van der Waals surface area contributed by atoms with Crippen molar-refractivity contribution in [2.45, 2.75) is 20.4 Å². The molecule has 0 aliphatic heterocycles. The number of nitrogens with one attached hydrogen (secondary N) is 1. The summed E-state index contributed by atoms with van der Waals surface area (Å²) >= 11 is 0. The molecule has 1 heterocycles. The number of rotatable bonds is 3. The number of aromatic nitrogens is 2. The minimum absolute atomic E-state index is 0.120. The van der Waals surface area contributed by atoms with E-state index in [2.05, 4.69) is 10.4 Å². The van der Waals surface area contributed by atoms with E-state index in [-0.39, 0.29) is 5.91 Å². The van der Waals surface area contributed by atoms with Gasteiger partial charge in [-0.1, -0.05) is 6.07 Å². The summed E-state index contributed by atoms with van der Waals surface area (Å²) in [6, 6.07) is 5.52. The van der Waals surface area contributed by atoms with E-state index in [4.69, 9.17) is 5.73 Å². The van der Waals surface area contributed by atoms with Crippen LogP contribution >= 0.6 is 0 Å². The van der Waals surface area contributed by atoms with E-state index in [1.54, 1.807) is 16.9 Å². The number of aryl methyl sites for hydroxylation is 3. The fourth-order valence-electron chi connectivity index (χ4n) is 1.95. The Labute approximate surface area is 112 Å². The molecule has 0 fully saturated rings. The van der Waals surface area contributed by atoms with Gasteiger partial charge < -0.3 is 11.1 Å². The molecule has 5 heteroatoms. The standard InChI is InChI=1S/C14H18N4O/c1-9-6-10(2)13(15)7-12(9)14(19)16-8-11-4-5-17-18(11)3/h4-7H,8,15H2,1-3H3,(H,16,19). The molecular weight excluding hydrogens is 240 g/mol. The molecule has 0 saturated carbocycles. The summed E-state index contributed by atoms with van der Waals surface area (Å²) in [4.78, 5) is 12.1. The number of nitrogens with two attached hydrogens (primary N) is 1. The van der Waals surface area contributed by atoms with E-state index in [0.29, 0.717) is 17.8 Å². The van der Waals surface area contributed by atoms with Gasteiger partial charge in [0.1, 0.15) is 0 Å². The second-order valence-corrected chi connectivity index (χ2v) is 4.65. The van der Waals surface area contributed by atoms with Crippen LogP contribution in [0.25, 0.3) is 0 Å². The first-order chi connectivity index (χ1) is 8.99. The number of benzene rings is 1. The number of nitrogen functional groups attached to an aromatic ring is 1. The Balaban J connectivity index is 2.12. The van der Waals surface area contributed by atoms with Crippen molar-refractivity contribution >= 4 is 11.6 Å². The van der Waals surface area contributed by atoms with E-state index in [1.165, 1.54) is 0 Å². The molecule has 0 bridgehead atoms. The van der Waals surface area contributed by atoms with E-state index in [0.717, 1.165) is 16.8 Å². The van der Waals surface area contributed by atoms with Crippen LogP contribution in [-0.2, 0) is 13.6 Å². The zero-order valence-electron chi connectivity index (χ0n) is 11.4. The zero-order chi connectivity index (χ0) is 14.0. The van der Waals surface area contributed by atoms with Gasteiger partial charge in [0.05, 0.1) is 12.2 Å². The molecule has 0 atom stereocenters. The van der Waals surface area contributed by atoms with E-state index < -0.39 is 0 Å². The van der Waals surface area contributed by atoms with Crippen LogP contribution in [-0.4, -0.2) is 15.7 Å². The maximum Gasteiger partial charge on any atom is 0.251 e. The Morgan fingerprint density at radius 1 is 1.37 bits per heavy atom. The van der Waals surface area contributed by atoms with Gasteiger partial charge in [-0.25, -0.2) is 0 Å². The normalized spacial score (nSPS) is 10.5. The molecule has 0 aliphatic carbocycles. The molecule has 3 N–H and O–H groups in total. The minimum atomic E-state index is -0.120. The first kappa shape index (κ1) is 13.1. The topological polar surface area (TPSA) is 72.9 Å². The van der Waals surface area contributed by atoms with E-state index >= 15 is 0 Å². The van der Waals surface area contributed by atoms with Crippen molar-refractivity contribution in [1.29, 1.82) is 0 Å². The van der Waals surface area contributed by atoms with Crippen molar-refractivity contribution in [3.8, 4) is 0 Å². The first-order valence-electron chi connectivity index (χ1n) is 6.11. The maximum absolute atomic E-state index is 12.1. The third-order valence-corrected chi connectivity index (χ3v) is 3.21. The minimum Gasteiger partial charge on any atom is -0.398 e. The number of amides is 1. The van der Waals surface area contributed by atoms with Crippen LogP contribution in [0.4, 0.5) is 5.69 Å². The third-order valence-electron chi connectivity index (χ3n) is 3.21. The fraction of sp³-hybridized carbons (Fsp3) is 0.286. The average Bonchev–Trinajstić information content (AvgIpc) is 2.76. The number of anilines is 1. The van der Waals surface area contributed by atoms with Crippen molar-refractivity contribution in [3.63, 3.8) is 0 Å². The molecule has 1 aromatic heterocycles. The summed E-state index contributed by atoms with van der Waals surface area (Å²) in [5.41, 5.74) is 9.96. The monoisotopic (exact) mass is 258 g/mol. The lowest BCUT2D eigenvalue weighted by Gasteiger charge is -2.10. The van der Waals surface area contributed by atoms with Gasteiger partial charge in [-0.05, 0) is 37.1 Å². The van der Waals surface area contributed by atoms with Crippen LogP contribution in [0.15, 0.2) is 24.4 Å². The predicted octanol–water partition coefficient (Wildman–Crippen LogP) is 1.55. The molecular formula is C14H18N4O. The smallest absolute Gasteiger partial charge is 0.251 e. The number of carbonyl (C=O) groups is 1. The van der Waals surface area contributed by atoms with Gasteiger partial charge in [-0.15, -0.1) is 0 Å². The van der Waals surface area contributed by atoms with Crippen molar-refractivity contribution in [1.82, 2.24) is 15.1 Å². The van der Waals surface area contributed by atoms with Gasteiger partial charge in [0.25, 0.3) is 5.91 Å². The third kappa shape index (κ3) is 2.76. The summed E-state index contributed by atoms with van der Waals surface area (Å²) in [7, 11) is 1.84. The highest BCUT2D eigenvalue weighted by atomic mass is 16.1. The lowest BCUT2D eigenvalue weighted by Crippen LogP contribution is -2.25. The highest BCUT2D eigenvalue weighted by molar-refractivity contribution is 5.96. The van der Waals surface area contributed by atoms with Crippen LogP contribution in [0.3, 0.4) is 0 Å². The molecule has 5 nitrogen and oxygen atoms in total. The Kier molecular flexibility index (Phi) is 3.55. The van der Waals surface area contributed by atoms with Gasteiger partial charge >= 0.3 is 0 Å². The molecule has 2 aromatic rings. The Morgan fingerprint density at radius 3 is 2.74 bits per heavy atom. The highest BCUT2D eigenvalue weighted by Crippen LogP contribution is 2.17. The number of carbonyl (C=O) groups excluding carboxylic acids is 1. The van der Waals surface area contributed by atoms with Crippen LogP contribution in [0.2, 0.25) is 0 Å². The zero-order valence-corrected chi connectivity index (χ0v) is 11.4. The molecule has 2 rings (SSSR count). The van der Waals surface area contributed by atoms with Crippen molar-refractivity contribution in [2.24, 2.45) is 7.05 Å². The molecule has 0 saturated heterocycles. The van der Waals surface area contributed by atoms with Crippen molar-refractivity contribution in [2.75, 3.05) is 5.73 Å². The molecule has 1 aromatic carbocycles. The number of hydrogen-bond donors (Lipinski definition) is 2. The number of hydrogen-bond acceptors (Lipinski definition) is 3. The Bertz CT molecular complexity index is 616. The average molecular weight is 258 g/mol. The molecule has 0 radical (unpaired) electrons. The van der Waals surface area contributed by atoms with Gasteiger partial charge in [0.15, 0.2) is 0 Å². The van der Waals surface area contributed by atoms with Crippen molar-refractivity contribution < 1.29 is 4.79 Å². The largest absolute Gasteiger partial charge is 0.398 e. The fourth-order valence-corrected chi connectivity index (χ4v) is 1.95. The second kappa shape index (κ2) is 5.14. The summed E-state index contributed by atoms with van der Waals surface area (Å²) in [5.74, 6) is -0.120. The molecule has 19 heavy (non-hydrogen) atoms. The summed E-state index contributed by atoms with van der Waals surface area (Å²) in [5, 5.41) is 6.93. The predicted molar refractivity (Wildman–Crippen MR) is 74.7 cm³/mol. The lowest BCUT2D eigenvalue weighted by atomic mass is 10.0. The van der Waals surface area contributed by atoms with Crippen LogP contribution in [0.5, 0.6) is 0 Å². The Morgan fingerprint density at radius 2 is 2.11 bits per heavy atom. The second-order valence-electron chi connectivity index (χ2n) is 4.65. The summed E-state index contributed by atoms with van der Waals surface area (Å²) in [6.07, 6.45) is 1.70. The SMILES string of the molecule is Cc1cc(C)c(C(=O)NCc2ccnn2C)cc1N. The number of nitrogens with zero attached hydrogens (tertiary/aromatic N) is 2. The van der Waals surface area contributed by atoms with Crippen LogP contribution in [0, 0.1) is 13.8 Å². The summed E-state index contributed by atoms with van der Waals surface area (Å²) in [6.45, 7) is 4.29. The molecule has 0 unspecified atom stereocenters. The van der Waals surface area contributed by atoms with E-state index in [1.807, 2.05) is 33.0 Å². The van der Waals surface area contributed by atoms with Crippen molar-refractivity contribution in [3.05, 3.63) is 46.8 Å². The van der Waals surface area contributed by atoms with Gasteiger partial charge in [-0.2, -0.15) is 5.10 Å². The lowest BCUT2D eigenvalue weighted by molar-refractivity contribution is 0.0949. The molecule has 0 spiro atoms. The first-order valence-corrected chi connectivity index (χ1v) is 6.11. The van der Waals surface area contributed by atoms with Gasteiger partial charge in [0.2, 0.25) is 0 Å². The van der Waals surface area contributed by atoms with Crippen LogP contribution in [0.1, 0.15) is 27.2 Å².